The summed E-state index contributed by atoms with van der Waals surface area (Å²) in [7, 11) is 0. The molecule has 2 atom stereocenters. The van der Waals surface area contributed by atoms with E-state index in [1.807, 2.05) is 23.5 Å². The highest BCUT2D eigenvalue weighted by atomic mass is 32.2. The lowest BCUT2D eigenvalue weighted by Crippen LogP contribution is -2.22. The van der Waals surface area contributed by atoms with Gasteiger partial charge in [-0.15, -0.1) is 11.8 Å². The van der Waals surface area contributed by atoms with E-state index in [0.717, 1.165) is 11.5 Å². The summed E-state index contributed by atoms with van der Waals surface area (Å²) >= 11 is 3.74. The molecule has 0 amide bonds. The molecule has 0 spiro atoms. The van der Waals surface area contributed by atoms with Gasteiger partial charge in [0.15, 0.2) is 0 Å². The Morgan fingerprint density at radius 2 is 2.27 bits per heavy atom. The number of nitrogen functional groups attached to an aromatic ring is 1. The number of thioether (sulfide) groups is 2. The van der Waals surface area contributed by atoms with Crippen molar-refractivity contribution in [3.05, 3.63) is 22.2 Å². The summed E-state index contributed by atoms with van der Waals surface area (Å²) in [6, 6.07) is 1.31. The number of nitrogens with two attached hydrogens (primary N) is 1. The van der Waals surface area contributed by atoms with Gasteiger partial charge in [0.1, 0.15) is 11.6 Å². The van der Waals surface area contributed by atoms with Crippen LogP contribution in [0, 0.1) is 0 Å². The molecule has 15 heavy (non-hydrogen) atoms. The molecule has 1 fully saturated rings. The quantitative estimate of drug-likeness (QED) is 0.777. The Morgan fingerprint density at radius 3 is 2.93 bits per heavy atom. The third kappa shape index (κ3) is 2.49. The van der Waals surface area contributed by atoms with Gasteiger partial charge in [-0.25, -0.2) is 4.98 Å². The number of hydrogen-bond acceptors (Lipinski definition) is 5. The van der Waals surface area contributed by atoms with Crippen molar-refractivity contribution in [1.82, 2.24) is 9.97 Å². The van der Waals surface area contributed by atoms with Crippen LogP contribution in [0.5, 0.6) is 0 Å². The minimum atomic E-state index is -0.166. The Labute approximate surface area is 96.4 Å². The molecule has 82 valence electrons. The molecule has 1 aliphatic rings. The van der Waals surface area contributed by atoms with Crippen molar-refractivity contribution in [3.63, 3.8) is 0 Å². The van der Waals surface area contributed by atoms with Crippen LogP contribution >= 0.6 is 23.5 Å². The molecule has 6 heteroatoms. The van der Waals surface area contributed by atoms with E-state index in [-0.39, 0.29) is 10.8 Å². The van der Waals surface area contributed by atoms with Crippen LogP contribution < -0.4 is 11.3 Å². The molecule has 1 aromatic rings. The van der Waals surface area contributed by atoms with E-state index in [1.165, 1.54) is 6.07 Å². The van der Waals surface area contributed by atoms with Crippen LogP contribution in [0.25, 0.3) is 0 Å². The summed E-state index contributed by atoms with van der Waals surface area (Å²) in [5.41, 5.74) is 5.40. The van der Waals surface area contributed by atoms with E-state index in [1.54, 1.807) is 0 Å². The first-order valence-electron chi connectivity index (χ1n) is 4.77. The average molecular weight is 243 g/mol. The zero-order valence-corrected chi connectivity index (χ0v) is 10.0. The fraction of sp³-hybridized carbons (Fsp3) is 0.556. The molecule has 0 saturated carbocycles. The number of rotatable bonds is 1. The Balaban J connectivity index is 2.31. The van der Waals surface area contributed by atoms with E-state index < -0.39 is 0 Å². The Bertz CT molecular complexity index is 407. The molecule has 2 heterocycles. The number of aromatic amines is 1. The van der Waals surface area contributed by atoms with Gasteiger partial charge in [0, 0.05) is 22.8 Å². The lowest BCUT2D eigenvalue weighted by molar-refractivity contribution is 0.818. The molecular weight excluding hydrogens is 230 g/mol. The third-order valence-corrected chi connectivity index (χ3v) is 5.34. The van der Waals surface area contributed by atoms with Gasteiger partial charge < -0.3 is 10.7 Å². The van der Waals surface area contributed by atoms with E-state index >= 15 is 0 Å². The van der Waals surface area contributed by atoms with Crippen molar-refractivity contribution in [2.24, 2.45) is 0 Å². The average Bonchev–Trinajstić information content (AvgIpc) is 2.16. The summed E-state index contributed by atoms with van der Waals surface area (Å²) in [6.45, 7) is 2.16. The maximum atomic E-state index is 11.3. The molecule has 2 unspecified atom stereocenters. The predicted octanol–water partition coefficient (Wildman–Crippen LogP) is 1.26. The van der Waals surface area contributed by atoms with E-state index in [2.05, 4.69) is 16.9 Å². The minimum absolute atomic E-state index is 0.166. The van der Waals surface area contributed by atoms with Gasteiger partial charge in [-0.05, 0) is 0 Å². The van der Waals surface area contributed by atoms with Crippen LogP contribution in [0.1, 0.15) is 18.0 Å². The summed E-state index contributed by atoms with van der Waals surface area (Å²) in [5.74, 6) is 3.27. The van der Waals surface area contributed by atoms with Crippen molar-refractivity contribution < 1.29 is 0 Å². The first kappa shape index (κ1) is 10.9. The predicted molar refractivity (Wildman–Crippen MR) is 66.4 cm³/mol. The van der Waals surface area contributed by atoms with Gasteiger partial charge in [0.05, 0.1) is 5.25 Å². The Hall–Kier alpha value is -0.620. The monoisotopic (exact) mass is 243 g/mol. The van der Waals surface area contributed by atoms with Gasteiger partial charge in [0.25, 0.3) is 5.56 Å². The molecule has 0 bridgehead atoms. The van der Waals surface area contributed by atoms with Crippen LogP contribution in [0.4, 0.5) is 5.82 Å². The maximum absolute atomic E-state index is 11.3. The molecule has 2 rings (SSSR count). The van der Waals surface area contributed by atoms with Crippen LogP contribution in [0.15, 0.2) is 10.9 Å². The summed E-state index contributed by atoms with van der Waals surface area (Å²) < 4.78 is 0. The van der Waals surface area contributed by atoms with Crippen molar-refractivity contribution >= 4 is 29.3 Å². The smallest absolute Gasteiger partial charge is 0.253 e. The molecule has 4 nitrogen and oxygen atoms in total. The van der Waals surface area contributed by atoms with E-state index in [4.69, 9.17) is 5.73 Å². The second kappa shape index (κ2) is 4.49. The first-order valence-corrected chi connectivity index (χ1v) is 6.86. The molecule has 3 N–H and O–H groups in total. The Morgan fingerprint density at radius 1 is 1.53 bits per heavy atom. The van der Waals surface area contributed by atoms with Crippen molar-refractivity contribution in [1.29, 1.82) is 0 Å². The molecule has 1 aliphatic heterocycles. The lowest BCUT2D eigenvalue weighted by Gasteiger charge is -2.26. The molecule has 0 radical (unpaired) electrons. The van der Waals surface area contributed by atoms with Gasteiger partial charge in [-0.3, -0.25) is 4.79 Å². The first-order chi connectivity index (χ1) is 7.16. The number of H-pyrrole nitrogens is 1. The fourth-order valence-electron chi connectivity index (χ4n) is 1.56. The SMILES string of the molecule is CC1SCCSC1c1nc(N)cc(=O)[nH]1. The van der Waals surface area contributed by atoms with E-state index in [9.17, 15) is 4.79 Å². The number of aromatic nitrogens is 2. The lowest BCUT2D eigenvalue weighted by atomic mass is 10.3. The second-order valence-corrected chi connectivity index (χ2v) is 6.16. The van der Waals surface area contributed by atoms with Crippen LogP contribution in [-0.4, -0.2) is 26.7 Å². The topological polar surface area (TPSA) is 71.8 Å². The molecular formula is C9H13N3OS2. The number of hydrogen-bond donors (Lipinski definition) is 2. The zero-order chi connectivity index (χ0) is 10.8. The maximum Gasteiger partial charge on any atom is 0.253 e. The van der Waals surface area contributed by atoms with Gasteiger partial charge in [-0.2, -0.15) is 11.8 Å². The molecule has 0 aromatic carbocycles. The van der Waals surface area contributed by atoms with Gasteiger partial charge >= 0.3 is 0 Å². The summed E-state index contributed by atoms with van der Waals surface area (Å²) in [6.07, 6.45) is 0. The number of nitrogens with zero attached hydrogens (tertiary/aromatic N) is 1. The molecule has 1 aromatic heterocycles. The highest BCUT2D eigenvalue weighted by Gasteiger charge is 2.26. The minimum Gasteiger partial charge on any atom is -0.383 e. The fourth-order valence-corrected chi connectivity index (χ4v) is 4.28. The normalized spacial score (nSPS) is 26.5. The summed E-state index contributed by atoms with van der Waals surface area (Å²) in [5, 5.41) is 0.716. The highest BCUT2D eigenvalue weighted by molar-refractivity contribution is 8.06. The van der Waals surface area contributed by atoms with Gasteiger partial charge in [-0.1, -0.05) is 6.92 Å². The largest absolute Gasteiger partial charge is 0.383 e. The zero-order valence-electron chi connectivity index (χ0n) is 8.40. The van der Waals surface area contributed by atoms with Crippen LogP contribution in [-0.2, 0) is 0 Å². The van der Waals surface area contributed by atoms with Crippen molar-refractivity contribution in [2.45, 2.75) is 17.4 Å². The van der Waals surface area contributed by atoms with Crippen LogP contribution in [0.2, 0.25) is 0 Å². The number of nitrogens with one attached hydrogen (secondary N) is 1. The van der Waals surface area contributed by atoms with Crippen LogP contribution in [0.3, 0.4) is 0 Å². The molecule has 1 saturated heterocycles. The third-order valence-electron chi connectivity index (χ3n) is 2.24. The van der Waals surface area contributed by atoms with Crippen molar-refractivity contribution in [2.75, 3.05) is 17.2 Å². The number of anilines is 1. The van der Waals surface area contributed by atoms with E-state index in [0.29, 0.717) is 16.9 Å². The summed E-state index contributed by atoms with van der Waals surface area (Å²) in [4.78, 5) is 18.2. The van der Waals surface area contributed by atoms with Gasteiger partial charge in [0.2, 0.25) is 0 Å². The highest BCUT2D eigenvalue weighted by Crippen LogP contribution is 2.40. The molecule has 0 aliphatic carbocycles. The Kier molecular flexibility index (Phi) is 3.25. The van der Waals surface area contributed by atoms with Crippen molar-refractivity contribution in [3.8, 4) is 0 Å². The second-order valence-electron chi connectivity index (χ2n) is 3.42. The standard InChI is InChI=1S/C9H13N3OS2/c1-5-8(15-3-2-14-5)9-11-6(10)4-7(13)12-9/h4-5,8H,2-3H2,1H3,(H3,10,11,12,13).